The summed E-state index contributed by atoms with van der Waals surface area (Å²) in [6.07, 6.45) is -4.69. The summed E-state index contributed by atoms with van der Waals surface area (Å²) in [7, 11) is 0. The van der Waals surface area contributed by atoms with Crippen molar-refractivity contribution in [2.75, 3.05) is 12.1 Å². The number of benzene rings is 3. The van der Waals surface area contributed by atoms with Gasteiger partial charge in [0.1, 0.15) is 0 Å². The molecule has 9 heteroatoms. The quantitative estimate of drug-likeness (QED) is 0.368. The number of rotatable bonds is 3. The molecule has 0 fully saturated rings. The molecule has 0 spiro atoms. The molecular formula is C24H14ClF3N2O3. The number of hydrogen-bond acceptors (Lipinski definition) is 4. The number of nitrogens with one attached hydrogen (secondary N) is 1. The predicted molar refractivity (Wildman–Crippen MR) is 118 cm³/mol. The van der Waals surface area contributed by atoms with Gasteiger partial charge in [-0.3, -0.25) is 4.79 Å². The molecule has 4 aromatic rings. The summed E-state index contributed by atoms with van der Waals surface area (Å²) in [4.78, 5) is 17.8. The molecule has 5 rings (SSSR count). The third kappa shape index (κ3) is 4.05. The van der Waals surface area contributed by atoms with Gasteiger partial charge in [0.25, 0.3) is 5.91 Å². The van der Waals surface area contributed by atoms with Crippen molar-refractivity contribution in [1.82, 2.24) is 4.98 Å². The fourth-order valence-electron chi connectivity index (χ4n) is 3.62. The number of carbonyl (C=O) groups excluding carboxylic acids is 1. The summed E-state index contributed by atoms with van der Waals surface area (Å²) in [5, 5.41) is 2.80. The van der Waals surface area contributed by atoms with Crippen molar-refractivity contribution < 1.29 is 27.4 Å². The van der Waals surface area contributed by atoms with Gasteiger partial charge in [-0.25, -0.2) is 4.98 Å². The van der Waals surface area contributed by atoms with E-state index in [9.17, 15) is 18.0 Å². The Kier molecular flexibility index (Phi) is 5.09. The number of para-hydroxylation sites is 1. The van der Waals surface area contributed by atoms with Gasteiger partial charge in [0.2, 0.25) is 6.79 Å². The molecule has 1 N–H and O–H groups in total. The smallest absolute Gasteiger partial charge is 0.418 e. The molecule has 1 aromatic heterocycles. The third-order valence-electron chi connectivity index (χ3n) is 5.16. The molecule has 0 radical (unpaired) electrons. The van der Waals surface area contributed by atoms with Crippen LogP contribution in [0.2, 0.25) is 5.02 Å². The Bertz CT molecular complexity index is 1410. The zero-order chi connectivity index (χ0) is 23.2. The maximum absolute atomic E-state index is 13.5. The van der Waals surface area contributed by atoms with Crippen LogP contribution in [0.25, 0.3) is 22.2 Å². The van der Waals surface area contributed by atoms with Gasteiger partial charge in [0, 0.05) is 16.0 Å². The molecule has 0 aliphatic carbocycles. The molecule has 0 bridgehead atoms. The summed E-state index contributed by atoms with van der Waals surface area (Å²) in [6, 6.07) is 16.9. The SMILES string of the molecule is O=C(Nc1ccc(Cl)cc1C(F)(F)F)c1cc(-c2ccc3c(c2)OCO3)nc2ccccc12. The lowest BCUT2D eigenvalue weighted by Gasteiger charge is -2.15. The monoisotopic (exact) mass is 470 g/mol. The molecule has 166 valence electrons. The second-order valence-electron chi connectivity index (χ2n) is 7.28. The average molecular weight is 471 g/mol. The molecule has 1 aliphatic rings. The minimum Gasteiger partial charge on any atom is -0.454 e. The van der Waals surface area contributed by atoms with Gasteiger partial charge in [0.05, 0.1) is 28.0 Å². The molecule has 1 amide bonds. The number of carbonyl (C=O) groups is 1. The van der Waals surface area contributed by atoms with Crippen LogP contribution in [0.4, 0.5) is 18.9 Å². The molecule has 0 unspecified atom stereocenters. The second kappa shape index (κ2) is 7.97. The van der Waals surface area contributed by atoms with E-state index in [1.807, 2.05) is 0 Å². The van der Waals surface area contributed by atoms with Crippen molar-refractivity contribution in [3.8, 4) is 22.8 Å². The number of fused-ring (bicyclic) bond motifs is 2. The van der Waals surface area contributed by atoms with E-state index in [4.69, 9.17) is 21.1 Å². The highest BCUT2D eigenvalue weighted by molar-refractivity contribution is 6.30. The molecule has 3 aromatic carbocycles. The fraction of sp³-hybridized carbons (Fsp3) is 0.0833. The lowest BCUT2D eigenvalue weighted by atomic mass is 10.0. The summed E-state index contributed by atoms with van der Waals surface area (Å²) in [5.74, 6) is 0.438. The number of amides is 1. The van der Waals surface area contributed by atoms with Gasteiger partial charge in [-0.05, 0) is 48.5 Å². The van der Waals surface area contributed by atoms with Gasteiger partial charge in [-0.15, -0.1) is 0 Å². The van der Waals surface area contributed by atoms with Crippen LogP contribution in [0, 0.1) is 0 Å². The van der Waals surface area contributed by atoms with E-state index in [0.717, 1.165) is 12.1 Å². The Morgan fingerprint density at radius 3 is 2.58 bits per heavy atom. The highest BCUT2D eigenvalue weighted by atomic mass is 35.5. The normalized spacial score (nSPS) is 12.7. The lowest BCUT2D eigenvalue weighted by molar-refractivity contribution is -0.136. The first kappa shape index (κ1) is 21.1. The first-order valence-corrected chi connectivity index (χ1v) is 10.2. The van der Waals surface area contributed by atoms with E-state index < -0.39 is 17.6 Å². The molecule has 0 saturated heterocycles. The Labute approximate surface area is 190 Å². The molecular weight excluding hydrogens is 457 g/mol. The number of ether oxygens (including phenoxy) is 2. The Morgan fingerprint density at radius 2 is 1.76 bits per heavy atom. The van der Waals surface area contributed by atoms with Crippen molar-refractivity contribution in [3.05, 3.63) is 82.9 Å². The number of pyridine rings is 1. The highest BCUT2D eigenvalue weighted by Crippen LogP contribution is 2.38. The van der Waals surface area contributed by atoms with Crippen LogP contribution >= 0.6 is 11.6 Å². The molecule has 1 aliphatic heterocycles. The van der Waals surface area contributed by atoms with Crippen molar-refractivity contribution >= 4 is 34.1 Å². The molecule has 33 heavy (non-hydrogen) atoms. The van der Waals surface area contributed by atoms with E-state index in [2.05, 4.69) is 10.3 Å². The number of hydrogen-bond donors (Lipinski definition) is 1. The van der Waals surface area contributed by atoms with Gasteiger partial charge in [0.15, 0.2) is 11.5 Å². The summed E-state index contributed by atoms with van der Waals surface area (Å²) < 4.78 is 51.2. The van der Waals surface area contributed by atoms with Crippen LogP contribution in [-0.4, -0.2) is 17.7 Å². The molecule has 5 nitrogen and oxygen atoms in total. The molecule has 0 saturated carbocycles. The number of aromatic nitrogens is 1. The van der Waals surface area contributed by atoms with Crippen LogP contribution in [0.15, 0.2) is 66.7 Å². The van der Waals surface area contributed by atoms with Gasteiger partial charge < -0.3 is 14.8 Å². The minimum atomic E-state index is -4.69. The predicted octanol–water partition coefficient (Wildman–Crippen LogP) is 6.56. The van der Waals surface area contributed by atoms with Gasteiger partial charge in [-0.1, -0.05) is 29.8 Å². The zero-order valence-electron chi connectivity index (χ0n) is 16.7. The van der Waals surface area contributed by atoms with Crippen molar-refractivity contribution in [3.63, 3.8) is 0 Å². The van der Waals surface area contributed by atoms with Crippen LogP contribution in [0.1, 0.15) is 15.9 Å². The number of nitrogens with zero attached hydrogens (tertiary/aromatic N) is 1. The molecule has 0 atom stereocenters. The van der Waals surface area contributed by atoms with Crippen molar-refractivity contribution in [1.29, 1.82) is 0 Å². The van der Waals surface area contributed by atoms with Crippen LogP contribution in [-0.2, 0) is 6.18 Å². The summed E-state index contributed by atoms with van der Waals surface area (Å²) >= 11 is 5.74. The number of anilines is 1. The Balaban J connectivity index is 1.59. The standard InChI is InChI=1S/C24H14ClF3N2O3/c25-14-6-7-19(17(10-14)24(26,27)28)30-23(31)16-11-20(29-18-4-2-1-3-15(16)18)13-5-8-21-22(9-13)33-12-32-21/h1-11H,12H2,(H,30,31). The lowest BCUT2D eigenvalue weighted by Crippen LogP contribution is -2.17. The second-order valence-corrected chi connectivity index (χ2v) is 7.72. The van der Waals surface area contributed by atoms with Crippen molar-refractivity contribution in [2.24, 2.45) is 0 Å². The molecule has 2 heterocycles. The Morgan fingerprint density at radius 1 is 0.970 bits per heavy atom. The zero-order valence-corrected chi connectivity index (χ0v) is 17.5. The van der Waals surface area contributed by atoms with Gasteiger partial charge >= 0.3 is 6.18 Å². The van der Waals surface area contributed by atoms with E-state index in [0.29, 0.717) is 33.7 Å². The van der Waals surface area contributed by atoms with E-state index in [-0.39, 0.29) is 23.1 Å². The highest BCUT2D eigenvalue weighted by Gasteiger charge is 2.34. The Hall–Kier alpha value is -3.78. The number of halogens is 4. The topological polar surface area (TPSA) is 60.5 Å². The maximum atomic E-state index is 13.5. The van der Waals surface area contributed by atoms with Crippen molar-refractivity contribution in [2.45, 2.75) is 6.18 Å². The fourth-order valence-corrected chi connectivity index (χ4v) is 3.79. The first-order valence-electron chi connectivity index (χ1n) is 9.77. The van der Waals surface area contributed by atoms with Crippen LogP contribution < -0.4 is 14.8 Å². The number of alkyl halides is 3. The average Bonchev–Trinajstić information content (AvgIpc) is 3.26. The first-order chi connectivity index (χ1) is 15.8. The van der Waals surface area contributed by atoms with Crippen LogP contribution in [0.5, 0.6) is 11.5 Å². The summed E-state index contributed by atoms with van der Waals surface area (Å²) in [5.41, 5.74) is 0.410. The maximum Gasteiger partial charge on any atom is 0.418 e. The van der Waals surface area contributed by atoms with Crippen LogP contribution in [0.3, 0.4) is 0 Å². The summed E-state index contributed by atoms with van der Waals surface area (Å²) in [6.45, 7) is 0.111. The van der Waals surface area contributed by atoms with E-state index >= 15 is 0 Å². The largest absolute Gasteiger partial charge is 0.454 e. The third-order valence-corrected chi connectivity index (χ3v) is 5.40. The minimum absolute atomic E-state index is 0.0835. The van der Waals surface area contributed by atoms with E-state index in [1.54, 1.807) is 48.5 Å². The van der Waals surface area contributed by atoms with E-state index in [1.165, 1.54) is 6.07 Å². The van der Waals surface area contributed by atoms with Gasteiger partial charge in [-0.2, -0.15) is 13.2 Å².